The lowest BCUT2D eigenvalue weighted by molar-refractivity contribution is 0.0902. The first-order valence-corrected chi connectivity index (χ1v) is 12.4. The van der Waals surface area contributed by atoms with Gasteiger partial charge in [0.25, 0.3) is 5.91 Å². The number of fused-ring (bicyclic) bond motifs is 2. The van der Waals surface area contributed by atoms with E-state index in [0.29, 0.717) is 40.4 Å². The van der Waals surface area contributed by atoms with E-state index < -0.39 is 11.7 Å². The van der Waals surface area contributed by atoms with Gasteiger partial charge in [-0.1, -0.05) is 25.4 Å². The molecule has 0 saturated carbocycles. The van der Waals surface area contributed by atoms with E-state index in [9.17, 15) is 14.0 Å². The molecule has 5 rings (SSSR count). The summed E-state index contributed by atoms with van der Waals surface area (Å²) >= 11 is 6.01. The van der Waals surface area contributed by atoms with Gasteiger partial charge >= 0.3 is 0 Å². The molecule has 0 radical (unpaired) electrons. The van der Waals surface area contributed by atoms with Crippen LogP contribution < -0.4 is 14.8 Å². The van der Waals surface area contributed by atoms with E-state index in [-0.39, 0.29) is 28.5 Å². The summed E-state index contributed by atoms with van der Waals surface area (Å²) in [5, 5.41) is 3.42. The summed E-state index contributed by atoms with van der Waals surface area (Å²) in [7, 11) is 1.51. The van der Waals surface area contributed by atoms with Gasteiger partial charge in [0.15, 0.2) is 5.78 Å². The van der Waals surface area contributed by atoms with E-state index in [1.807, 2.05) is 26.8 Å². The molecule has 1 aliphatic heterocycles. The Bertz CT molecular complexity index is 1620. The second-order valence-electron chi connectivity index (χ2n) is 9.84. The molecular weight excluding hydrogens is 509 g/mol. The molecule has 7 nitrogen and oxygen atoms in total. The van der Waals surface area contributed by atoms with Crippen molar-refractivity contribution in [2.75, 3.05) is 20.3 Å². The largest absolute Gasteiger partial charge is 0.494 e. The summed E-state index contributed by atoms with van der Waals surface area (Å²) < 4.78 is 25.2. The van der Waals surface area contributed by atoms with Crippen LogP contribution in [0.5, 0.6) is 11.5 Å². The molecule has 4 aromatic rings. The molecule has 9 heteroatoms. The van der Waals surface area contributed by atoms with Crippen LogP contribution >= 0.6 is 11.6 Å². The quantitative estimate of drug-likeness (QED) is 0.320. The highest BCUT2D eigenvalue weighted by Gasteiger charge is 2.36. The summed E-state index contributed by atoms with van der Waals surface area (Å²) in [5.74, 6) is -0.376. The molecule has 1 aliphatic rings. The maximum absolute atomic E-state index is 13.8. The number of nitrogens with zero attached hydrogens (tertiary/aromatic N) is 2. The number of amides is 1. The zero-order chi connectivity index (χ0) is 27.2. The molecule has 0 aliphatic carbocycles. The first-order valence-electron chi connectivity index (χ1n) is 12.0. The van der Waals surface area contributed by atoms with Gasteiger partial charge in [0.1, 0.15) is 34.2 Å². The fourth-order valence-corrected chi connectivity index (χ4v) is 4.67. The molecule has 0 unspecified atom stereocenters. The third-order valence-electron chi connectivity index (χ3n) is 6.68. The zero-order valence-electron chi connectivity index (χ0n) is 21.3. The van der Waals surface area contributed by atoms with Crippen LogP contribution in [0.15, 0.2) is 48.7 Å². The number of Topliss-reactive ketones (excluding diaryl/α,β-unsaturated/α-hetero) is 1. The van der Waals surface area contributed by atoms with Gasteiger partial charge in [0, 0.05) is 33.7 Å². The molecule has 0 spiro atoms. The summed E-state index contributed by atoms with van der Waals surface area (Å²) in [6, 6.07) is 11.1. The first kappa shape index (κ1) is 25.6. The Hall–Kier alpha value is -4.04. The molecule has 1 amide bonds. The fraction of sp³-hybridized carbons (Fsp3) is 0.241. The Balaban J connectivity index is 1.45. The SMILES string of the molecule is COc1cc(C(=O)NCC(=O)c2cc3c(c(-c4ccc(F)c(Cl)c4)n2)OCC3(C)C)cc2c(C)ccnc12. The number of hydrogen-bond donors (Lipinski definition) is 1. The van der Waals surface area contributed by atoms with Crippen LogP contribution in [-0.2, 0) is 5.41 Å². The number of pyridine rings is 2. The number of carbonyl (C=O) groups is 2. The van der Waals surface area contributed by atoms with Crippen LogP contribution in [0.1, 0.15) is 45.8 Å². The molecule has 3 heterocycles. The minimum Gasteiger partial charge on any atom is -0.494 e. The third-order valence-corrected chi connectivity index (χ3v) is 6.97. The second-order valence-corrected chi connectivity index (χ2v) is 10.2. The minimum absolute atomic E-state index is 0.0597. The predicted octanol–water partition coefficient (Wildman–Crippen LogP) is 5.69. The lowest BCUT2D eigenvalue weighted by Gasteiger charge is -2.17. The third kappa shape index (κ3) is 4.56. The number of halogens is 2. The van der Waals surface area contributed by atoms with Crippen LogP contribution in [0.3, 0.4) is 0 Å². The van der Waals surface area contributed by atoms with Crippen molar-refractivity contribution in [3.05, 3.63) is 81.9 Å². The normalized spacial score (nSPS) is 13.6. The Kier molecular flexibility index (Phi) is 6.53. The molecule has 1 N–H and O–H groups in total. The van der Waals surface area contributed by atoms with E-state index in [0.717, 1.165) is 16.5 Å². The van der Waals surface area contributed by atoms with Crippen molar-refractivity contribution >= 4 is 34.2 Å². The highest BCUT2D eigenvalue weighted by Crippen LogP contribution is 2.44. The number of ether oxygens (including phenoxy) is 2. The van der Waals surface area contributed by atoms with Gasteiger partial charge in [-0.15, -0.1) is 0 Å². The number of benzene rings is 2. The van der Waals surface area contributed by atoms with Crippen LogP contribution in [0.2, 0.25) is 5.02 Å². The Morgan fingerprint density at radius 2 is 1.97 bits per heavy atom. The van der Waals surface area contributed by atoms with Crippen molar-refractivity contribution in [2.45, 2.75) is 26.2 Å². The fourth-order valence-electron chi connectivity index (χ4n) is 4.49. The van der Waals surface area contributed by atoms with Crippen LogP contribution in [-0.4, -0.2) is 41.9 Å². The highest BCUT2D eigenvalue weighted by molar-refractivity contribution is 6.31. The van der Waals surface area contributed by atoms with Crippen molar-refractivity contribution in [2.24, 2.45) is 0 Å². The van der Waals surface area contributed by atoms with Gasteiger partial charge in [-0.2, -0.15) is 0 Å². The number of aryl methyl sites for hydroxylation is 1. The van der Waals surface area contributed by atoms with Crippen molar-refractivity contribution in [1.82, 2.24) is 15.3 Å². The molecule has 2 aromatic carbocycles. The maximum atomic E-state index is 13.8. The maximum Gasteiger partial charge on any atom is 0.251 e. The van der Waals surface area contributed by atoms with Crippen molar-refractivity contribution in [3.63, 3.8) is 0 Å². The Labute approximate surface area is 224 Å². The van der Waals surface area contributed by atoms with Crippen LogP contribution in [0.25, 0.3) is 22.2 Å². The van der Waals surface area contributed by atoms with E-state index >= 15 is 0 Å². The molecule has 194 valence electrons. The van der Waals surface area contributed by atoms with Crippen molar-refractivity contribution < 1.29 is 23.5 Å². The van der Waals surface area contributed by atoms with Gasteiger partial charge in [-0.3, -0.25) is 14.6 Å². The molecule has 0 atom stereocenters. The topological polar surface area (TPSA) is 90.4 Å². The zero-order valence-corrected chi connectivity index (χ0v) is 22.1. The van der Waals surface area contributed by atoms with E-state index in [1.54, 1.807) is 30.5 Å². The van der Waals surface area contributed by atoms with E-state index in [4.69, 9.17) is 21.1 Å². The van der Waals surface area contributed by atoms with Crippen LogP contribution in [0, 0.1) is 12.7 Å². The molecule has 0 saturated heterocycles. The summed E-state index contributed by atoms with van der Waals surface area (Å²) in [6.45, 7) is 6.05. The molecule has 38 heavy (non-hydrogen) atoms. The lowest BCUT2D eigenvalue weighted by atomic mass is 9.86. The van der Waals surface area contributed by atoms with Gasteiger partial charge in [-0.25, -0.2) is 9.37 Å². The molecular formula is C29H25ClFN3O4. The van der Waals surface area contributed by atoms with Gasteiger partial charge < -0.3 is 14.8 Å². The number of methoxy groups -OCH3 is 1. The average Bonchev–Trinajstić information content (AvgIpc) is 3.22. The molecule has 2 aromatic heterocycles. The van der Waals surface area contributed by atoms with Gasteiger partial charge in [0.05, 0.1) is 25.3 Å². The Morgan fingerprint density at radius 3 is 2.71 bits per heavy atom. The average molecular weight is 534 g/mol. The van der Waals surface area contributed by atoms with E-state index in [2.05, 4.69) is 15.3 Å². The molecule has 0 bridgehead atoms. The monoisotopic (exact) mass is 533 g/mol. The lowest BCUT2D eigenvalue weighted by Crippen LogP contribution is -2.30. The van der Waals surface area contributed by atoms with Crippen LogP contribution in [0.4, 0.5) is 4.39 Å². The molecule has 0 fully saturated rings. The number of aromatic nitrogens is 2. The number of ketones is 1. The van der Waals surface area contributed by atoms with Gasteiger partial charge in [-0.05, 0) is 55.0 Å². The van der Waals surface area contributed by atoms with Crippen molar-refractivity contribution in [3.8, 4) is 22.8 Å². The number of hydrogen-bond acceptors (Lipinski definition) is 6. The minimum atomic E-state index is -0.556. The second kappa shape index (κ2) is 9.68. The number of rotatable bonds is 6. The van der Waals surface area contributed by atoms with Crippen molar-refractivity contribution in [1.29, 1.82) is 0 Å². The summed E-state index contributed by atoms with van der Waals surface area (Å²) in [6.07, 6.45) is 1.68. The summed E-state index contributed by atoms with van der Waals surface area (Å²) in [4.78, 5) is 35.2. The smallest absolute Gasteiger partial charge is 0.251 e. The first-order chi connectivity index (χ1) is 18.1. The number of carbonyl (C=O) groups excluding carboxylic acids is 2. The highest BCUT2D eigenvalue weighted by atomic mass is 35.5. The van der Waals surface area contributed by atoms with E-state index in [1.165, 1.54) is 19.2 Å². The van der Waals surface area contributed by atoms with Gasteiger partial charge in [0.2, 0.25) is 0 Å². The number of nitrogens with one attached hydrogen (secondary N) is 1. The standard InChI is InChI=1S/C29H25ClFN3O4/c1-15-7-8-32-26-18(15)9-17(11-24(26)37-4)28(36)33-13-23(35)22-12-19-27(38-14-29(19,2)3)25(34-22)16-5-6-21(31)20(30)10-16/h5-12H,13-14H2,1-4H3,(H,33,36). The Morgan fingerprint density at radius 1 is 1.18 bits per heavy atom. The predicted molar refractivity (Wildman–Crippen MR) is 143 cm³/mol. The summed E-state index contributed by atoms with van der Waals surface area (Å²) in [5.41, 5.74) is 3.46.